The highest BCUT2D eigenvalue weighted by molar-refractivity contribution is 5.77. The van der Waals surface area contributed by atoms with E-state index in [1.165, 1.54) is 125 Å². The van der Waals surface area contributed by atoms with Crippen LogP contribution in [0.5, 0.6) is 0 Å². The van der Waals surface area contributed by atoms with Gasteiger partial charge in [0.1, 0.15) is 164 Å². The van der Waals surface area contributed by atoms with Crippen molar-refractivity contribution in [3.63, 3.8) is 0 Å². The molecule has 30 atom stereocenters. The predicted octanol–water partition coefficient (Wildman–Crippen LogP) is -4.98. The van der Waals surface area contributed by atoms with Gasteiger partial charge in [0.25, 0.3) is 0 Å². The number of rotatable bonds is 36. The van der Waals surface area contributed by atoms with Crippen molar-refractivity contribution in [2.75, 3.05) is 182 Å². The number of methoxy groups -OCH3 is 15. The summed E-state index contributed by atoms with van der Waals surface area (Å²) < 4.78 is 179. The molecule has 12 bridgehead atoms. The molecule has 0 aromatic carbocycles. The van der Waals surface area contributed by atoms with Gasteiger partial charge in [0, 0.05) is 183 Å². The summed E-state index contributed by atoms with van der Waals surface area (Å²) >= 11 is 0. The minimum absolute atomic E-state index is 0.0290. The van der Waals surface area contributed by atoms with E-state index in [-0.39, 0.29) is 95.8 Å². The lowest BCUT2D eigenvalue weighted by molar-refractivity contribution is -0.407. The normalized spacial score (nSPS) is 35.4. The SMILES string of the molecule is COC[C@@H]1O[C@H]2O[C@@H]3[C@H](OC)[C@H](OC)[C@H](O[C@@H]4[C@H](OC)[C@H](OC)[C@H](O[C@@H]5[C@H](OC)[C@@H](OC)[C@H](O[C@H]6[C@H](OC)[C@H](OC)[C@H](O[C@H]7[C@H](OC)[C@H](OC)[C@H](O[C@H]1[C@@H](OC)[C@@H]2OC)O[C@@H]7CNC(=O)CCNc1ccn(O)c(=O)n1)O[C@@H]6COC)O[C@H]5CNC(=O)CCNc1ccn(O)c(=O)n1)O[C@@H]4COC)O[C@@H]3CNC(=O)CCNc1ccn(O)c(=O)n1. The van der Waals surface area contributed by atoms with Crippen LogP contribution in [0.15, 0.2) is 51.2 Å². The molecular weight excluding hydrogens is 1610 g/mol. The minimum atomic E-state index is -1.48. The van der Waals surface area contributed by atoms with E-state index < -0.39 is 219 Å². The van der Waals surface area contributed by atoms with Gasteiger partial charge in [-0.25, -0.2) is 14.4 Å². The Bertz CT molecular complexity index is 3470. The van der Waals surface area contributed by atoms with Gasteiger partial charge in [0.2, 0.25) is 17.7 Å². The summed E-state index contributed by atoms with van der Waals surface area (Å²) in [5.74, 6) is -1.30. The van der Waals surface area contributed by atoms with Crippen molar-refractivity contribution in [2.45, 2.75) is 203 Å². The summed E-state index contributed by atoms with van der Waals surface area (Å²) in [5.41, 5.74) is -2.86. The number of nitrogens with one attached hydrogen (secondary N) is 6. The van der Waals surface area contributed by atoms with Crippen molar-refractivity contribution in [1.82, 2.24) is 45.1 Å². The number of carbonyl (C=O) groups is 3. The molecule has 3 amide bonds. The van der Waals surface area contributed by atoms with Crippen molar-refractivity contribution >= 4 is 35.2 Å². The summed E-state index contributed by atoms with van der Waals surface area (Å²) in [6.45, 7) is -1.67. The summed E-state index contributed by atoms with van der Waals surface area (Å²) in [7, 11) is 21.1. The zero-order valence-electron chi connectivity index (χ0n) is 69.3. The first-order valence-corrected chi connectivity index (χ1v) is 38.6. The average Bonchev–Trinajstić information content (AvgIpc) is 0.758. The van der Waals surface area contributed by atoms with Gasteiger partial charge >= 0.3 is 17.1 Å². The largest absolute Gasteiger partial charge is 0.424 e. The van der Waals surface area contributed by atoms with Crippen LogP contribution in [0.25, 0.3) is 0 Å². The summed E-state index contributed by atoms with van der Waals surface area (Å²) in [4.78, 5) is 90.0. The van der Waals surface area contributed by atoms with E-state index in [1.54, 1.807) is 0 Å². The van der Waals surface area contributed by atoms with E-state index in [9.17, 15) is 44.4 Å². The van der Waals surface area contributed by atoms with Gasteiger partial charge in [0.05, 0.1) is 38.4 Å². The van der Waals surface area contributed by atoms with Gasteiger partial charge < -0.3 is 175 Å². The molecule has 0 unspecified atom stereocenters. The van der Waals surface area contributed by atoms with Gasteiger partial charge in [-0.3, -0.25) is 14.4 Å². The fourth-order valence-electron chi connectivity index (χ4n) is 15.6. The lowest BCUT2D eigenvalue weighted by Gasteiger charge is -2.53. The van der Waals surface area contributed by atoms with E-state index in [2.05, 4.69) is 46.9 Å². The second-order valence-electron chi connectivity index (χ2n) is 28.4. The number of ether oxygens (including phenoxy) is 27. The van der Waals surface area contributed by atoms with Crippen molar-refractivity contribution in [2.24, 2.45) is 0 Å². The number of hydrogen-bond donors (Lipinski definition) is 9. The molecule has 678 valence electrons. The molecule has 22 aliphatic heterocycles. The van der Waals surface area contributed by atoms with Crippen LogP contribution in [-0.2, 0) is 142 Å². The Morgan fingerprint density at radius 2 is 0.500 bits per heavy atom. The number of amides is 3. The third-order valence-corrected chi connectivity index (χ3v) is 21.4. The van der Waals surface area contributed by atoms with Crippen LogP contribution in [-0.4, -0.2) is 412 Å². The first kappa shape index (κ1) is 95.0. The number of anilines is 3. The first-order valence-electron chi connectivity index (χ1n) is 38.6. The molecule has 48 heteroatoms. The molecule has 48 nitrogen and oxygen atoms in total. The summed E-state index contributed by atoms with van der Waals surface area (Å²) in [6.07, 6.45) is -35.4. The summed E-state index contributed by atoms with van der Waals surface area (Å²) in [6, 6.07) is 4.02. The van der Waals surface area contributed by atoms with Crippen LogP contribution in [0.2, 0.25) is 0 Å². The molecule has 3 aromatic heterocycles. The van der Waals surface area contributed by atoms with Crippen LogP contribution in [0, 0.1) is 0 Å². The average molecular weight is 1720 g/mol. The topological polar surface area (TPSA) is 538 Å². The molecule has 0 radical (unpaired) electrons. The van der Waals surface area contributed by atoms with Crippen molar-refractivity contribution in [3.05, 3.63) is 68.2 Å². The number of aromatic nitrogens is 6. The Morgan fingerprint density at radius 1 is 0.308 bits per heavy atom. The van der Waals surface area contributed by atoms with Crippen LogP contribution in [0.1, 0.15) is 19.3 Å². The predicted molar refractivity (Wildman–Crippen MR) is 402 cm³/mol. The monoisotopic (exact) mass is 1720 g/mol. The van der Waals surface area contributed by atoms with Crippen LogP contribution < -0.4 is 49.0 Å². The fraction of sp³-hybridized carbons (Fsp3) is 0.792. The van der Waals surface area contributed by atoms with Crippen LogP contribution >= 0.6 is 0 Å². The van der Waals surface area contributed by atoms with Gasteiger partial charge in [-0.2, -0.15) is 15.0 Å². The van der Waals surface area contributed by atoms with Crippen molar-refractivity contribution in [1.29, 1.82) is 0 Å². The molecule has 0 saturated carbocycles. The van der Waals surface area contributed by atoms with Crippen LogP contribution in [0.4, 0.5) is 17.5 Å². The molecular formula is C72H114N12O36. The van der Waals surface area contributed by atoms with Crippen molar-refractivity contribution < 1.29 is 158 Å². The van der Waals surface area contributed by atoms with E-state index >= 15 is 0 Å². The van der Waals surface area contributed by atoms with Gasteiger partial charge in [-0.1, -0.05) is 0 Å². The lowest BCUT2D eigenvalue weighted by Crippen LogP contribution is -2.70. The third kappa shape index (κ3) is 22.8. The van der Waals surface area contributed by atoms with Gasteiger partial charge in [0.15, 0.2) is 37.7 Å². The number of carbonyl (C=O) groups excluding carboxylic acids is 3. The Kier molecular flexibility index (Phi) is 36.4. The Hall–Kier alpha value is -7.23. The molecule has 120 heavy (non-hydrogen) atoms. The maximum Gasteiger partial charge on any atom is 0.382 e. The zero-order chi connectivity index (χ0) is 86.4. The molecule has 3 aromatic rings. The molecule has 22 fully saturated rings. The Balaban J connectivity index is 1.06. The number of nitrogens with zero attached hydrogens (tertiary/aromatic N) is 6. The second kappa shape index (κ2) is 45.9. The highest BCUT2D eigenvalue weighted by Gasteiger charge is 2.61. The van der Waals surface area contributed by atoms with E-state index in [4.69, 9.17) is 128 Å². The molecule has 9 N–H and O–H groups in total. The maximum absolute atomic E-state index is 14.1. The summed E-state index contributed by atoms with van der Waals surface area (Å²) in [5, 5.41) is 46.7. The highest BCUT2D eigenvalue weighted by atomic mass is 16.8. The Morgan fingerprint density at radius 3 is 0.683 bits per heavy atom. The highest BCUT2D eigenvalue weighted by Crippen LogP contribution is 2.42. The zero-order valence-corrected chi connectivity index (χ0v) is 69.3. The molecule has 22 aliphatic rings. The van der Waals surface area contributed by atoms with Gasteiger partial charge in [-0.15, -0.1) is 14.2 Å². The van der Waals surface area contributed by atoms with E-state index in [1.807, 2.05) is 0 Å². The molecule has 0 spiro atoms. The molecule has 0 aliphatic carbocycles. The molecule has 25 rings (SSSR count). The standard InChI is InChI=1S/C72H114N12O36/c1-94-31-37-49-55(100-7)61(106-13)67(112-37)115-46-34(28-76-43(85)16-22-73-40-19-25-82(91)70(88)79-40)110-65(59(104-11)52(46)97-4)119-50-38(32-95-2)114-69(63(108-15)56(50)101-8)117-48-36(30-78-45(87)18-24-75-42-21-27-84(93)72(90)81-42)111-66(60(105-12)54(48)99-6)120-51-39(33-96-3)113-68(62(107-14)57(51)102-9)116-47-35(109-64(118-49)58(103-10)53(47)98-5)29-77-44(86)17-23-74-41-20-26-83(92)71(89)80-41/h19-21,25-27,34-39,46-69,91-93H,16-18,22-24,28-33H2,1-15H3,(H,76,85)(H,77,86)(H,78,87)(H,73,79,88)(H,74,80,89)(H,75,81,90)/t34-,35-,36+,37+,38-,39-,46+,47-,48+,49-,50+,51-,52+,53+,54+,55-,56+,57+,58+,59+,60-,61+,62+,63+,64+,65+,66+,67+,68+,69+/m1/s1. The maximum atomic E-state index is 14.1. The smallest absolute Gasteiger partial charge is 0.382 e. The fourth-order valence-corrected chi connectivity index (χ4v) is 15.6. The minimum Gasteiger partial charge on any atom is -0.424 e. The van der Waals surface area contributed by atoms with Gasteiger partial charge in [-0.05, 0) is 0 Å². The quantitative estimate of drug-likeness (QED) is 0.0246. The third-order valence-electron chi connectivity index (χ3n) is 21.4. The van der Waals surface area contributed by atoms with E-state index in [0.29, 0.717) is 14.2 Å². The lowest BCUT2D eigenvalue weighted by atomic mass is 9.94. The molecule has 25 heterocycles. The molecule has 22 saturated heterocycles. The number of hydrogen-bond acceptors (Lipinski definition) is 42. The second-order valence-corrected chi connectivity index (χ2v) is 28.4. The van der Waals surface area contributed by atoms with Crippen molar-refractivity contribution in [3.8, 4) is 0 Å². The van der Waals surface area contributed by atoms with Crippen LogP contribution in [0.3, 0.4) is 0 Å². The van der Waals surface area contributed by atoms with E-state index in [0.717, 1.165) is 18.6 Å². The Labute approximate surface area is 689 Å². The first-order chi connectivity index (χ1) is 58.0.